The molecule has 2 N–H and O–H groups in total. The molecule has 21 heavy (non-hydrogen) atoms. The third kappa shape index (κ3) is 2.89. The molecule has 1 atom stereocenters. The number of nitrogens with two attached hydrogens (primary N) is 1. The predicted molar refractivity (Wildman–Crippen MR) is 82.2 cm³/mol. The molecule has 4 nitrogen and oxygen atoms in total. The van der Waals surface area contributed by atoms with Crippen molar-refractivity contribution in [3.8, 4) is 17.2 Å². The molecule has 110 valence electrons. The minimum Gasteiger partial charge on any atom is -0.495 e. The minimum atomic E-state index is 0.0464. The standard InChI is InChI=1S/C17H19NO3/c1-11-3-5-16-12(7-11)8-14(21-16)10-20-13-4-6-17(19-2)15(18)9-13/h3-7,9,14H,8,10,18H2,1-2H3. The molecule has 2 aromatic carbocycles. The number of ether oxygens (including phenoxy) is 3. The first-order chi connectivity index (χ1) is 10.2. The molecule has 0 aromatic heterocycles. The summed E-state index contributed by atoms with van der Waals surface area (Å²) in [5.41, 5.74) is 8.94. The van der Waals surface area contributed by atoms with Gasteiger partial charge in [-0.05, 0) is 30.7 Å². The molecule has 0 aliphatic carbocycles. The van der Waals surface area contributed by atoms with Crippen molar-refractivity contribution < 1.29 is 14.2 Å². The van der Waals surface area contributed by atoms with Crippen LogP contribution in [0.5, 0.6) is 17.2 Å². The average Bonchev–Trinajstić information content (AvgIpc) is 2.87. The predicted octanol–water partition coefficient (Wildman–Crippen LogP) is 2.97. The summed E-state index contributed by atoms with van der Waals surface area (Å²) in [6.07, 6.45) is 0.924. The number of nitrogen functional groups attached to an aromatic ring is 1. The second-order valence-electron chi connectivity index (χ2n) is 5.27. The van der Waals surface area contributed by atoms with E-state index in [9.17, 15) is 0 Å². The summed E-state index contributed by atoms with van der Waals surface area (Å²) < 4.78 is 16.8. The molecule has 1 unspecified atom stereocenters. The molecule has 0 fully saturated rings. The molecular weight excluding hydrogens is 266 g/mol. The van der Waals surface area contributed by atoms with Crippen molar-refractivity contribution in [3.63, 3.8) is 0 Å². The number of hydrogen-bond donors (Lipinski definition) is 1. The molecule has 0 radical (unpaired) electrons. The number of aryl methyl sites for hydroxylation is 1. The van der Waals surface area contributed by atoms with Crippen LogP contribution in [0.1, 0.15) is 11.1 Å². The summed E-state index contributed by atoms with van der Waals surface area (Å²) in [5, 5.41) is 0. The van der Waals surface area contributed by atoms with Gasteiger partial charge in [0, 0.05) is 12.5 Å². The first-order valence-electron chi connectivity index (χ1n) is 6.98. The van der Waals surface area contributed by atoms with Gasteiger partial charge < -0.3 is 19.9 Å². The molecule has 0 saturated heterocycles. The Morgan fingerprint density at radius 3 is 2.86 bits per heavy atom. The van der Waals surface area contributed by atoms with Crippen LogP contribution in [0.15, 0.2) is 36.4 Å². The maximum Gasteiger partial charge on any atom is 0.142 e. The van der Waals surface area contributed by atoms with E-state index in [4.69, 9.17) is 19.9 Å². The third-order valence-corrected chi connectivity index (χ3v) is 3.59. The Hall–Kier alpha value is -2.36. The van der Waals surface area contributed by atoms with Crippen LogP contribution in [0.2, 0.25) is 0 Å². The molecular formula is C17H19NO3. The molecule has 0 saturated carbocycles. The van der Waals surface area contributed by atoms with E-state index in [2.05, 4.69) is 19.1 Å². The topological polar surface area (TPSA) is 53.7 Å². The van der Waals surface area contributed by atoms with Crippen LogP contribution in [0.3, 0.4) is 0 Å². The van der Waals surface area contributed by atoms with Gasteiger partial charge in [-0.2, -0.15) is 0 Å². The van der Waals surface area contributed by atoms with Crippen LogP contribution >= 0.6 is 0 Å². The largest absolute Gasteiger partial charge is 0.495 e. The highest BCUT2D eigenvalue weighted by Crippen LogP contribution is 2.30. The zero-order chi connectivity index (χ0) is 14.8. The van der Waals surface area contributed by atoms with Crippen molar-refractivity contribution in [2.45, 2.75) is 19.4 Å². The normalized spacial score (nSPS) is 16.2. The molecule has 1 aliphatic heterocycles. The molecule has 0 amide bonds. The van der Waals surface area contributed by atoms with E-state index in [1.54, 1.807) is 19.2 Å². The fraction of sp³-hybridized carbons (Fsp3) is 0.294. The Labute approximate surface area is 124 Å². The van der Waals surface area contributed by atoms with E-state index < -0.39 is 0 Å². The van der Waals surface area contributed by atoms with Gasteiger partial charge in [-0.1, -0.05) is 17.7 Å². The Morgan fingerprint density at radius 2 is 2.10 bits per heavy atom. The lowest BCUT2D eigenvalue weighted by atomic mass is 10.1. The minimum absolute atomic E-state index is 0.0464. The van der Waals surface area contributed by atoms with Crippen LogP contribution in [-0.2, 0) is 6.42 Å². The van der Waals surface area contributed by atoms with E-state index in [-0.39, 0.29) is 6.10 Å². The quantitative estimate of drug-likeness (QED) is 0.877. The van der Waals surface area contributed by atoms with Gasteiger partial charge in [-0.15, -0.1) is 0 Å². The van der Waals surface area contributed by atoms with Crippen molar-refractivity contribution in [2.75, 3.05) is 19.5 Å². The third-order valence-electron chi connectivity index (χ3n) is 3.59. The zero-order valence-corrected chi connectivity index (χ0v) is 12.3. The maximum atomic E-state index is 5.88. The highest BCUT2D eigenvalue weighted by atomic mass is 16.5. The monoisotopic (exact) mass is 285 g/mol. The lowest BCUT2D eigenvalue weighted by Crippen LogP contribution is -2.22. The number of anilines is 1. The maximum absolute atomic E-state index is 5.88. The highest BCUT2D eigenvalue weighted by Gasteiger charge is 2.23. The molecule has 0 spiro atoms. The van der Waals surface area contributed by atoms with Crippen molar-refractivity contribution in [3.05, 3.63) is 47.5 Å². The molecule has 3 rings (SSSR count). The number of benzene rings is 2. The number of hydrogen-bond acceptors (Lipinski definition) is 4. The second-order valence-corrected chi connectivity index (χ2v) is 5.27. The smallest absolute Gasteiger partial charge is 0.142 e. The van der Waals surface area contributed by atoms with Gasteiger partial charge >= 0.3 is 0 Å². The Kier molecular flexibility index (Phi) is 3.60. The second kappa shape index (κ2) is 5.56. The summed E-state index contributed by atoms with van der Waals surface area (Å²) in [7, 11) is 1.60. The molecule has 0 bridgehead atoms. The lowest BCUT2D eigenvalue weighted by Gasteiger charge is -2.13. The highest BCUT2D eigenvalue weighted by molar-refractivity contribution is 5.56. The van der Waals surface area contributed by atoms with E-state index in [0.29, 0.717) is 18.0 Å². The van der Waals surface area contributed by atoms with Gasteiger partial charge in [-0.25, -0.2) is 0 Å². The lowest BCUT2D eigenvalue weighted by molar-refractivity contribution is 0.148. The van der Waals surface area contributed by atoms with Crippen molar-refractivity contribution in [1.82, 2.24) is 0 Å². The van der Waals surface area contributed by atoms with Crippen LogP contribution < -0.4 is 19.9 Å². The first-order valence-corrected chi connectivity index (χ1v) is 6.98. The molecule has 2 aromatic rings. The van der Waals surface area contributed by atoms with Crippen LogP contribution in [0.25, 0.3) is 0 Å². The van der Waals surface area contributed by atoms with Gasteiger partial charge in [0.1, 0.15) is 30.0 Å². The zero-order valence-electron chi connectivity index (χ0n) is 12.3. The van der Waals surface area contributed by atoms with Crippen LogP contribution in [0.4, 0.5) is 5.69 Å². The fourth-order valence-corrected chi connectivity index (χ4v) is 2.53. The first kappa shape index (κ1) is 13.6. The summed E-state index contributed by atoms with van der Waals surface area (Å²) in [4.78, 5) is 0. The molecule has 4 heteroatoms. The van der Waals surface area contributed by atoms with Crippen LogP contribution in [-0.4, -0.2) is 19.8 Å². The SMILES string of the molecule is COc1ccc(OCC2Cc3cc(C)ccc3O2)cc1N. The Morgan fingerprint density at radius 1 is 1.24 bits per heavy atom. The van der Waals surface area contributed by atoms with E-state index >= 15 is 0 Å². The van der Waals surface area contributed by atoms with Crippen molar-refractivity contribution in [2.24, 2.45) is 0 Å². The molecule has 1 aliphatic rings. The van der Waals surface area contributed by atoms with Gasteiger partial charge in [0.05, 0.1) is 12.8 Å². The summed E-state index contributed by atoms with van der Waals surface area (Å²) in [6.45, 7) is 2.59. The van der Waals surface area contributed by atoms with Crippen molar-refractivity contribution in [1.29, 1.82) is 0 Å². The van der Waals surface area contributed by atoms with E-state index in [1.165, 1.54) is 11.1 Å². The van der Waals surface area contributed by atoms with E-state index in [1.807, 2.05) is 12.1 Å². The van der Waals surface area contributed by atoms with E-state index in [0.717, 1.165) is 17.9 Å². The number of fused-ring (bicyclic) bond motifs is 1. The average molecular weight is 285 g/mol. The number of rotatable bonds is 4. The summed E-state index contributed by atoms with van der Waals surface area (Å²) in [5.74, 6) is 2.34. The number of methoxy groups -OCH3 is 1. The van der Waals surface area contributed by atoms with Gasteiger partial charge in [0.2, 0.25) is 0 Å². The molecule has 1 heterocycles. The van der Waals surface area contributed by atoms with Gasteiger partial charge in [-0.3, -0.25) is 0 Å². The Balaban J connectivity index is 1.61. The summed E-state index contributed by atoms with van der Waals surface area (Å²) >= 11 is 0. The summed E-state index contributed by atoms with van der Waals surface area (Å²) in [6, 6.07) is 11.7. The van der Waals surface area contributed by atoms with Gasteiger partial charge in [0.15, 0.2) is 0 Å². The Bertz CT molecular complexity index is 654. The van der Waals surface area contributed by atoms with Gasteiger partial charge in [0.25, 0.3) is 0 Å². The van der Waals surface area contributed by atoms with Crippen molar-refractivity contribution >= 4 is 5.69 Å². The fourth-order valence-electron chi connectivity index (χ4n) is 2.53. The van der Waals surface area contributed by atoms with Crippen LogP contribution in [0, 0.1) is 6.92 Å².